The minimum absolute atomic E-state index is 0.125. The summed E-state index contributed by atoms with van der Waals surface area (Å²) in [6.45, 7) is 1.67. The lowest BCUT2D eigenvalue weighted by Crippen LogP contribution is -2.17. The minimum atomic E-state index is -0.388. The van der Waals surface area contributed by atoms with Gasteiger partial charge in [-0.15, -0.1) is 0 Å². The number of carbonyl (C=O) groups is 1. The molecule has 0 unspecified atom stereocenters. The molecule has 0 bridgehead atoms. The molecule has 0 aliphatic carbocycles. The quantitative estimate of drug-likeness (QED) is 0.811. The van der Waals surface area contributed by atoms with E-state index in [-0.39, 0.29) is 11.1 Å². The van der Waals surface area contributed by atoms with Crippen molar-refractivity contribution >= 4 is 17.9 Å². The van der Waals surface area contributed by atoms with E-state index in [2.05, 4.69) is 5.10 Å². The Morgan fingerprint density at radius 2 is 2.06 bits per heavy atom. The van der Waals surface area contributed by atoms with Crippen molar-refractivity contribution in [3.05, 3.63) is 50.9 Å². The van der Waals surface area contributed by atoms with Gasteiger partial charge in [-0.3, -0.25) is 14.7 Å². The third-order valence-electron chi connectivity index (χ3n) is 2.33. The molecule has 0 aliphatic rings. The van der Waals surface area contributed by atoms with Gasteiger partial charge in [0, 0.05) is 5.69 Å². The Hall–Kier alpha value is -1.81. The van der Waals surface area contributed by atoms with Crippen molar-refractivity contribution in [1.29, 1.82) is 0 Å². The summed E-state index contributed by atoms with van der Waals surface area (Å²) in [5, 5.41) is 3.26. The van der Waals surface area contributed by atoms with Crippen molar-refractivity contribution in [3.63, 3.8) is 0 Å². The van der Waals surface area contributed by atoms with Crippen LogP contribution in [0.1, 0.15) is 16.1 Å². The Labute approximate surface area is 96.5 Å². The van der Waals surface area contributed by atoms with Gasteiger partial charge in [-0.2, -0.15) is 0 Å². The summed E-state index contributed by atoms with van der Waals surface area (Å²) < 4.78 is 1.27. The van der Waals surface area contributed by atoms with Crippen molar-refractivity contribution in [1.82, 2.24) is 9.78 Å². The molecule has 0 amide bonds. The molecule has 1 N–H and O–H groups in total. The number of benzene rings is 1. The molecule has 0 fully saturated rings. The van der Waals surface area contributed by atoms with Gasteiger partial charge in [-0.1, -0.05) is 23.7 Å². The van der Waals surface area contributed by atoms with Crippen LogP contribution in [0.15, 0.2) is 29.1 Å². The van der Waals surface area contributed by atoms with E-state index in [1.165, 1.54) is 4.68 Å². The number of nitrogens with zero attached hydrogens (tertiary/aromatic N) is 1. The average Bonchev–Trinajstić information content (AvgIpc) is 2.55. The number of rotatable bonds is 2. The molecular weight excluding hydrogens is 228 g/mol. The maximum absolute atomic E-state index is 11.8. The number of nitrogens with one attached hydrogen (secondary N) is 1. The Morgan fingerprint density at radius 3 is 2.62 bits per heavy atom. The van der Waals surface area contributed by atoms with E-state index in [1.807, 2.05) is 0 Å². The molecule has 0 spiro atoms. The molecule has 0 aliphatic heterocycles. The van der Waals surface area contributed by atoms with Crippen LogP contribution < -0.4 is 5.56 Å². The molecule has 4 nitrogen and oxygen atoms in total. The van der Waals surface area contributed by atoms with Gasteiger partial charge in [0.2, 0.25) is 0 Å². The number of aryl methyl sites for hydroxylation is 1. The zero-order chi connectivity index (χ0) is 11.7. The van der Waals surface area contributed by atoms with Crippen LogP contribution in [0.5, 0.6) is 0 Å². The Kier molecular flexibility index (Phi) is 2.66. The van der Waals surface area contributed by atoms with E-state index < -0.39 is 0 Å². The molecule has 2 rings (SSSR count). The van der Waals surface area contributed by atoms with Gasteiger partial charge in [0.1, 0.15) is 5.56 Å². The third kappa shape index (κ3) is 1.57. The first kappa shape index (κ1) is 10.7. The van der Waals surface area contributed by atoms with Gasteiger partial charge >= 0.3 is 0 Å². The first-order valence-corrected chi connectivity index (χ1v) is 5.04. The lowest BCUT2D eigenvalue weighted by Gasteiger charge is -2.03. The standard InChI is InChI=1S/C11H9ClN2O2/c1-7-8(6-15)11(16)14(13-7)10-5-3-2-4-9(10)12/h2-6,13H,1H3. The van der Waals surface area contributed by atoms with E-state index in [9.17, 15) is 9.59 Å². The molecule has 1 heterocycles. The van der Waals surface area contributed by atoms with Gasteiger partial charge < -0.3 is 0 Å². The minimum Gasteiger partial charge on any atom is -0.298 e. The number of carbonyl (C=O) groups excluding carboxylic acids is 1. The molecule has 82 valence electrons. The van der Waals surface area contributed by atoms with Crippen molar-refractivity contribution in [2.24, 2.45) is 0 Å². The maximum atomic E-state index is 11.8. The summed E-state index contributed by atoms with van der Waals surface area (Å²) >= 11 is 5.97. The molecule has 2 aromatic rings. The number of aromatic nitrogens is 2. The lowest BCUT2D eigenvalue weighted by molar-refractivity contribution is 0.112. The smallest absolute Gasteiger partial charge is 0.282 e. The number of aromatic amines is 1. The molecule has 16 heavy (non-hydrogen) atoms. The van der Waals surface area contributed by atoms with E-state index in [4.69, 9.17) is 11.6 Å². The summed E-state index contributed by atoms with van der Waals surface area (Å²) in [4.78, 5) is 22.5. The Bertz CT molecular complexity index is 598. The largest absolute Gasteiger partial charge is 0.298 e. The SMILES string of the molecule is Cc1[nH]n(-c2ccccc2Cl)c(=O)c1C=O. The lowest BCUT2D eigenvalue weighted by atomic mass is 10.3. The van der Waals surface area contributed by atoms with Crippen LogP contribution in [-0.4, -0.2) is 16.1 Å². The highest BCUT2D eigenvalue weighted by Crippen LogP contribution is 2.17. The fraction of sp³-hybridized carbons (Fsp3) is 0.0909. The van der Waals surface area contributed by atoms with Gasteiger partial charge in [0.15, 0.2) is 6.29 Å². The Balaban J connectivity index is 2.71. The van der Waals surface area contributed by atoms with E-state index in [1.54, 1.807) is 31.2 Å². The number of para-hydroxylation sites is 1. The Morgan fingerprint density at radius 1 is 1.38 bits per heavy atom. The van der Waals surface area contributed by atoms with Crippen LogP contribution in [0.25, 0.3) is 5.69 Å². The van der Waals surface area contributed by atoms with Crippen LogP contribution in [0.4, 0.5) is 0 Å². The summed E-state index contributed by atoms with van der Waals surface area (Å²) in [7, 11) is 0. The second-order valence-electron chi connectivity index (χ2n) is 3.36. The molecule has 0 atom stereocenters. The summed E-state index contributed by atoms with van der Waals surface area (Å²) in [6.07, 6.45) is 0.543. The molecule has 5 heteroatoms. The zero-order valence-electron chi connectivity index (χ0n) is 8.53. The first-order chi connectivity index (χ1) is 7.65. The highest BCUT2D eigenvalue weighted by molar-refractivity contribution is 6.32. The second-order valence-corrected chi connectivity index (χ2v) is 3.77. The molecule has 1 aromatic carbocycles. The fourth-order valence-corrected chi connectivity index (χ4v) is 1.72. The van der Waals surface area contributed by atoms with Crippen LogP contribution in [-0.2, 0) is 0 Å². The molecular formula is C11H9ClN2O2. The summed E-state index contributed by atoms with van der Waals surface area (Å²) in [5.74, 6) is 0. The second kappa shape index (κ2) is 3.98. The molecule has 0 saturated heterocycles. The highest BCUT2D eigenvalue weighted by atomic mass is 35.5. The predicted octanol–water partition coefficient (Wildman–Crippen LogP) is 1.94. The summed E-state index contributed by atoms with van der Waals surface area (Å²) in [6, 6.07) is 6.92. The van der Waals surface area contributed by atoms with Gasteiger partial charge in [-0.05, 0) is 19.1 Å². The number of halogens is 1. The van der Waals surface area contributed by atoms with E-state index in [0.29, 0.717) is 22.7 Å². The molecule has 0 radical (unpaired) electrons. The summed E-state index contributed by atoms with van der Waals surface area (Å²) in [5.41, 5.74) is 0.797. The van der Waals surface area contributed by atoms with Gasteiger partial charge in [-0.25, -0.2) is 4.68 Å². The zero-order valence-corrected chi connectivity index (χ0v) is 9.28. The normalized spacial score (nSPS) is 10.4. The molecule has 1 aromatic heterocycles. The highest BCUT2D eigenvalue weighted by Gasteiger charge is 2.12. The van der Waals surface area contributed by atoms with Gasteiger partial charge in [0.05, 0.1) is 10.7 Å². The van der Waals surface area contributed by atoms with Crippen LogP contribution in [0, 0.1) is 6.92 Å². The fourth-order valence-electron chi connectivity index (χ4n) is 1.50. The van der Waals surface area contributed by atoms with E-state index in [0.717, 1.165) is 0 Å². The van der Waals surface area contributed by atoms with Crippen molar-refractivity contribution in [3.8, 4) is 5.69 Å². The molecule has 0 saturated carbocycles. The van der Waals surface area contributed by atoms with Crippen LogP contribution >= 0.6 is 11.6 Å². The van der Waals surface area contributed by atoms with Crippen LogP contribution in [0.2, 0.25) is 5.02 Å². The number of aldehydes is 1. The third-order valence-corrected chi connectivity index (χ3v) is 2.65. The van der Waals surface area contributed by atoms with Crippen LogP contribution in [0.3, 0.4) is 0 Å². The monoisotopic (exact) mass is 236 g/mol. The van der Waals surface area contributed by atoms with E-state index >= 15 is 0 Å². The number of hydrogen-bond acceptors (Lipinski definition) is 2. The first-order valence-electron chi connectivity index (χ1n) is 4.67. The van der Waals surface area contributed by atoms with Crippen molar-refractivity contribution in [2.45, 2.75) is 6.92 Å². The number of H-pyrrole nitrogens is 1. The van der Waals surface area contributed by atoms with Crippen molar-refractivity contribution in [2.75, 3.05) is 0 Å². The predicted molar refractivity (Wildman–Crippen MR) is 61.5 cm³/mol. The number of hydrogen-bond donors (Lipinski definition) is 1. The topological polar surface area (TPSA) is 54.9 Å². The van der Waals surface area contributed by atoms with Gasteiger partial charge in [0.25, 0.3) is 5.56 Å². The average molecular weight is 237 g/mol. The maximum Gasteiger partial charge on any atom is 0.282 e. The van der Waals surface area contributed by atoms with Crippen molar-refractivity contribution < 1.29 is 4.79 Å².